The molecule has 0 saturated carbocycles. The van der Waals surface area contributed by atoms with E-state index in [2.05, 4.69) is 4.98 Å². The molecule has 0 unspecified atom stereocenters. The summed E-state index contributed by atoms with van der Waals surface area (Å²) in [5.41, 5.74) is 10.3. The number of H-pyrrole nitrogens is 1. The minimum atomic E-state index is -4.48. The second kappa shape index (κ2) is 19.1. The van der Waals surface area contributed by atoms with Crippen molar-refractivity contribution in [2.75, 3.05) is 11.9 Å². The molecule has 0 bridgehead atoms. The van der Waals surface area contributed by atoms with Gasteiger partial charge in [0, 0.05) is 69.5 Å². The second-order valence-corrected chi connectivity index (χ2v) is 18.4. The molecule has 9 nitrogen and oxygen atoms in total. The van der Waals surface area contributed by atoms with E-state index >= 15 is 8.63 Å². The number of nitrogens with one attached hydrogen (secondary N) is 1. The Bertz CT molecular complexity index is 3570. The highest BCUT2D eigenvalue weighted by Gasteiger charge is 2.47. The van der Waals surface area contributed by atoms with Crippen molar-refractivity contribution in [1.29, 1.82) is 0 Å². The van der Waals surface area contributed by atoms with Gasteiger partial charge in [0.2, 0.25) is 0 Å². The van der Waals surface area contributed by atoms with Gasteiger partial charge in [0.1, 0.15) is 17.2 Å². The number of fused-ring (bicyclic) bond motifs is 2. The number of nitrogens with zero attached hydrogens (tertiary/aromatic N) is 2. The Morgan fingerprint density at radius 3 is 2.04 bits per heavy atom. The maximum atomic E-state index is 15.0. The monoisotopic (exact) mass is 988 g/mol. The topological polar surface area (TPSA) is 109 Å². The lowest BCUT2D eigenvalue weighted by atomic mass is 9.87. The zero-order chi connectivity index (χ0) is 52.4. The Hall–Kier alpha value is -8.20. The number of allylic oxidation sites excluding steroid dienone is 2. The van der Waals surface area contributed by atoms with Gasteiger partial charge < -0.3 is 19.4 Å². The van der Waals surface area contributed by atoms with E-state index in [9.17, 15) is 32.3 Å². The van der Waals surface area contributed by atoms with Crippen molar-refractivity contribution in [2.24, 2.45) is 0 Å². The maximum absolute atomic E-state index is 15.0. The molecule has 368 valence electrons. The van der Waals surface area contributed by atoms with Crippen LogP contribution in [0.25, 0.3) is 38.6 Å². The summed E-state index contributed by atoms with van der Waals surface area (Å²) in [6.07, 6.45) is -2.63. The van der Waals surface area contributed by atoms with Crippen LogP contribution in [0.3, 0.4) is 0 Å². The van der Waals surface area contributed by atoms with Crippen molar-refractivity contribution in [1.82, 2.24) is 4.98 Å². The normalized spacial score (nSPS) is 13.8. The maximum Gasteiger partial charge on any atom is 0.934 e. The van der Waals surface area contributed by atoms with Gasteiger partial charge in [-0.15, -0.1) is 0 Å². The number of anilines is 1. The number of esters is 1. The number of carbonyl (C=O) groups excluding carboxylic acids is 4. The predicted molar refractivity (Wildman–Crippen MR) is 273 cm³/mol. The molecule has 1 amide bonds. The minimum Gasteiger partial charge on any atom is -0.456 e. The fraction of sp³-hybridized carbons (Fsp3) is 0.190. The molecule has 6 aromatic carbocycles. The Morgan fingerprint density at radius 2 is 1.44 bits per heavy atom. The molecule has 1 N–H and O–H groups in total. The average Bonchev–Trinajstić information content (AvgIpc) is 3.79. The zero-order valence-corrected chi connectivity index (χ0v) is 41.2. The van der Waals surface area contributed by atoms with Crippen LogP contribution in [-0.4, -0.2) is 54.1 Å². The molecular weight excluding hydrogens is 940 g/mol. The summed E-state index contributed by atoms with van der Waals surface area (Å²) < 4.78 is 83.2. The molecule has 0 saturated heterocycles. The number of benzene rings is 6. The molecule has 0 atom stereocenters. The van der Waals surface area contributed by atoms with Gasteiger partial charge >= 0.3 is 19.5 Å². The number of carbonyl (C=O) groups is 4. The number of rotatable bonds is 12. The summed E-state index contributed by atoms with van der Waals surface area (Å²) in [5, 5.41) is 0.907. The van der Waals surface area contributed by atoms with Crippen LogP contribution in [0.4, 0.5) is 27.5 Å². The quantitative estimate of drug-likeness (QED) is 0.0429. The van der Waals surface area contributed by atoms with Gasteiger partial charge in [-0.2, -0.15) is 13.2 Å². The van der Waals surface area contributed by atoms with E-state index < -0.39 is 31.0 Å². The van der Waals surface area contributed by atoms with Gasteiger partial charge in [-0.05, 0) is 152 Å². The van der Waals surface area contributed by atoms with E-state index in [1.165, 1.54) is 17.0 Å². The fourth-order valence-corrected chi connectivity index (χ4v) is 10.4. The van der Waals surface area contributed by atoms with E-state index in [4.69, 9.17) is 9.47 Å². The van der Waals surface area contributed by atoms with Crippen LogP contribution in [0.15, 0.2) is 120 Å². The number of halogens is 5. The molecule has 0 fully saturated rings. The summed E-state index contributed by atoms with van der Waals surface area (Å²) in [6, 6.07) is 27.0. The number of aldehydes is 2. The van der Waals surface area contributed by atoms with Crippen LogP contribution in [0, 0.1) is 27.7 Å². The van der Waals surface area contributed by atoms with Gasteiger partial charge in [-0.25, -0.2) is 13.1 Å². The van der Waals surface area contributed by atoms with E-state index in [1.54, 1.807) is 101 Å². The molecule has 1 aromatic heterocycles. The molecule has 9 rings (SSSR count). The Balaban J connectivity index is 0.964. The first-order valence-electron chi connectivity index (χ1n) is 23.5. The number of aromatic amines is 1. The van der Waals surface area contributed by atoms with Gasteiger partial charge in [0.05, 0.1) is 23.3 Å². The number of amides is 1. The lowest BCUT2D eigenvalue weighted by Gasteiger charge is -2.25. The fourth-order valence-electron chi connectivity index (χ4n) is 10.4. The highest BCUT2D eigenvalue weighted by atomic mass is 19.4. The molecular formula is C58H48BF5N3O6+. The van der Waals surface area contributed by atoms with E-state index in [0.29, 0.717) is 130 Å². The van der Waals surface area contributed by atoms with Crippen molar-refractivity contribution in [3.05, 3.63) is 181 Å². The third-order valence-electron chi connectivity index (χ3n) is 14.0. The van der Waals surface area contributed by atoms with Crippen molar-refractivity contribution in [3.8, 4) is 39.5 Å². The highest BCUT2D eigenvalue weighted by molar-refractivity contribution is 6.35. The Morgan fingerprint density at radius 1 is 0.781 bits per heavy atom. The third-order valence-corrected chi connectivity index (χ3v) is 14.0. The van der Waals surface area contributed by atoms with Crippen LogP contribution in [0.2, 0.25) is 0 Å². The van der Waals surface area contributed by atoms with Crippen LogP contribution in [0.5, 0.6) is 17.2 Å². The van der Waals surface area contributed by atoms with Crippen LogP contribution in [0.1, 0.15) is 103 Å². The van der Waals surface area contributed by atoms with E-state index in [1.807, 2.05) is 33.8 Å². The largest absolute Gasteiger partial charge is 0.934 e. The lowest BCUT2D eigenvalue weighted by molar-refractivity contribution is -0.343. The number of alkyl halides is 3. The van der Waals surface area contributed by atoms with Crippen LogP contribution < -0.4 is 14.4 Å². The molecule has 15 heteroatoms. The van der Waals surface area contributed by atoms with Crippen LogP contribution >= 0.6 is 0 Å². The first-order chi connectivity index (χ1) is 34.7. The van der Waals surface area contributed by atoms with E-state index in [0.717, 1.165) is 28.5 Å². The first kappa shape index (κ1) is 49.8. The number of aryl methyl sites for hydroxylation is 3. The summed E-state index contributed by atoms with van der Waals surface area (Å²) >= 11 is 0. The smallest absolute Gasteiger partial charge is 0.456 e. The summed E-state index contributed by atoms with van der Waals surface area (Å²) in [4.78, 5) is 57.4. The highest BCUT2D eigenvalue weighted by Crippen LogP contribution is 2.50. The molecule has 3 heterocycles. The molecule has 2 aliphatic heterocycles. The SMILES string of the molecule is CCC1=C(C)/C(=C(/c2[nH]c(C)c(C=O)c2C)c2c(C)cc(OC(=O)Cc3ccc(N(C)C(=O)c4ccc5c6c(ccc(C=O)c46)Oc4ccc(-c6ccc(C(F)(F)F)cc6)cc4-5)cc3)cc2C)[N+](B(F)F)=C1C. The van der Waals surface area contributed by atoms with Gasteiger partial charge in [0.25, 0.3) is 5.91 Å². The van der Waals surface area contributed by atoms with E-state index in [-0.39, 0.29) is 23.3 Å². The van der Waals surface area contributed by atoms with Crippen molar-refractivity contribution in [2.45, 2.75) is 67.5 Å². The number of aromatic nitrogens is 1. The van der Waals surface area contributed by atoms with Crippen molar-refractivity contribution >= 4 is 59.6 Å². The Labute approximate surface area is 418 Å². The number of hydrogen-bond acceptors (Lipinski definition) is 6. The molecule has 73 heavy (non-hydrogen) atoms. The summed E-state index contributed by atoms with van der Waals surface area (Å²) in [5.74, 6) is 0.191. The van der Waals surface area contributed by atoms with Crippen molar-refractivity contribution < 1.29 is 54.9 Å². The third kappa shape index (κ3) is 8.76. The molecule has 0 aliphatic carbocycles. The zero-order valence-electron chi connectivity index (χ0n) is 41.2. The molecule has 0 spiro atoms. The van der Waals surface area contributed by atoms with Gasteiger partial charge in [-0.3, -0.25) is 19.2 Å². The first-order valence-corrected chi connectivity index (χ1v) is 23.5. The molecule has 0 radical (unpaired) electrons. The average molecular weight is 989 g/mol. The predicted octanol–water partition coefficient (Wildman–Crippen LogP) is 13.8. The van der Waals surface area contributed by atoms with Crippen LogP contribution in [-0.2, 0) is 17.4 Å². The summed E-state index contributed by atoms with van der Waals surface area (Å²) in [6.45, 7) is 12.6. The lowest BCUT2D eigenvalue weighted by Crippen LogP contribution is -2.26. The summed E-state index contributed by atoms with van der Waals surface area (Å²) in [7, 11) is -1.25. The minimum absolute atomic E-state index is 0.121. The van der Waals surface area contributed by atoms with Gasteiger partial charge in [-0.1, -0.05) is 43.3 Å². The number of ether oxygens (including phenoxy) is 2. The van der Waals surface area contributed by atoms with Crippen molar-refractivity contribution in [3.63, 3.8) is 0 Å². The standard InChI is InChI=1S/C58H47BF5N3O6/c1-9-43-33(5)56(67(35(43)7)59(63)64)54(55-32(4)47(29-69)34(6)65-55)51-30(2)24-42(25-31(51)3)72-50(70)26-36-10-18-41(19-11-36)66(8)57(71)45-21-20-44-46-27-38(37-12-16-40(17-13-37)58(60,61)62)14-22-48(46)73-49-23-15-39(28-68)52(45)53(44)49/h10-25,27-29H,9,26H2,1-8H3/p+1. The second-order valence-electron chi connectivity index (χ2n) is 18.4. The van der Waals surface area contributed by atoms with Gasteiger partial charge in [0.15, 0.2) is 24.0 Å². The Kier molecular flexibility index (Phi) is 13.0. The number of hydrogen-bond donors (Lipinski definition) is 1. The molecule has 7 aromatic rings. The molecule has 2 aliphatic rings.